The van der Waals surface area contributed by atoms with Crippen molar-refractivity contribution in [3.63, 3.8) is 0 Å². The summed E-state index contributed by atoms with van der Waals surface area (Å²) in [4.78, 5) is 39.3. The monoisotopic (exact) mass is 469 g/mol. The van der Waals surface area contributed by atoms with Gasteiger partial charge in [0, 0.05) is 30.8 Å². The first-order valence-corrected chi connectivity index (χ1v) is 10.9. The second-order valence-corrected chi connectivity index (χ2v) is 8.33. The van der Waals surface area contributed by atoms with Gasteiger partial charge in [0.25, 0.3) is 0 Å². The molecular weight excluding hydrogens is 438 g/mol. The van der Waals surface area contributed by atoms with Gasteiger partial charge in [-0.1, -0.05) is 17.7 Å². The molecule has 1 unspecified atom stereocenters. The van der Waals surface area contributed by atoms with E-state index in [-0.39, 0.29) is 37.2 Å². The fraction of sp³-hybridized carbons (Fsp3) is 0.400. The van der Waals surface area contributed by atoms with Crippen LogP contribution < -0.4 is 29.7 Å². The van der Waals surface area contributed by atoms with Crippen molar-refractivity contribution >= 4 is 29.1 Å². The Kier molecular flexibility index (Phi) is 7.65. The number of carbonyl (C=O) groups is 3. The highest BCUT2D eigenvalue weighted by Crippen LogP contribution is 2.42. The molecule has 34 heavy (non-hydrogen) atoms. The van der Waals surface area contributed by atoms with E-state index in [9.17, 15) is 14.4 Å². The fourth-order valence-corrected chi connectivity index (χ4v) is 4.23. The van der Waals surface area contributed by atoms with Gasteiger partial charge in [-0.05, 0) is 31.9 Å². The van der Waals surface area contributed by atoms with Gasteiger partial charge in [0.1, 0.15) is 0 Å². The van der Waals surface area contributed by atoms with Gasteiger partial charge in [-0.3, -0.25) is 14.4 Å². The topological polar surface area (TPSA) is 106 Å². The lowest BCUT2D eigenvalue weighted by Crippen LogP contribution is -2.38. The number of aryl methyl sites for hydroxylation is 3. The molecule has 0 aromatic heterocycles. The van der Waals surface area contributed by atoms with Gasteiger partial charge in [-0.2, -0.15) is 0 Å². The van der Waals surface area contributed by atoms with Crippen molar-refractivity contribution in [2.24, 2.45) is 5.92 Å². The third-order valence-electron chi connectivity index (χ3n) is 5.82. The third kappa shape index (κ3) is 5.24. The molecule has 2 aromatic rings. The van der Waals surface area contributed by atoms with E-state index in [1.165, 1.54) is 26.2 Å². The minimum Gasteiger partial charge on any atom is -0.493 e. The van der Waals surface area contributed by atoms with Crippen molar-refractivity contribution in [2.75, 3.05) is 44.6 Å². The first-order valence-electron chi connectivity index (χ1n) is 10.9. The van der Waals surface area contributed by atoms with Crippen molar-refractivity contribution in [1.29, 1.82) is 0 Å². The molecule has 9 nitrogen and oxygen atoms in total. The van der Waals surface area contributed by atoms with E-state index in [0.29, 0.717) is 22.9 Å². The smallest absolute Gasteiger partial charge is 0.243 e. The van der Waals surface area contributed by atoms with E-state index < -0.39 is 5.92 Å². The summed E-state index contributed by atoms with van der Waals surface area (Å²) >= 11 is 0. The molecule has 3 rings (SSSR count). The quantitative estimate of drug-likeness (QED) is 0.616. The highest BCUT2D eigenvalue weighted by atomic mass is 16.5. The molecule has 3 amide bonds. The second-order valence-electron chi connectivity index (χ2n) is 8.33. The average Bonchev–Trinajstić information content (AvgIpc) is 3.20. The van der Waals surface area contributed by atoms with Crippen LogP contribution in [0.3, 0.4) is 0 Å². The fourth-order valence-electron chi connectivity index (χ4n) is 4.23. The minimum atomic E-state index is -0.581. The van der Waals surface area contributed by atoms with Crippen molar-refractivity contribution in [3.8, 4) is 17.2 Å². The van der Waals surface area contributed by atoms with E-state index in [4.69, 9.17) is 14.2 Å². The molecule has 1 heterocycles. The lowest BCUT2D eigenvalue weighted by atomic mass is 10.1. The minimum absolute atomic E-state index is 0.0420. The molecule has 0 radical (unpaired) electrons. The number of hydrogen-bond donors (Lipinski definition) is 2. The number of hydrogen-bond acceptors (Lipinski definition) is 6. The number of amides is 3. The Balaban J connectivity index is 1.64. The lowest BCUT2D eigenvalue weighted by molar-refractivity contribution is -0.127. The highest BCUT2D eigenvalue weighted by molar-refractivity contribution is 6.02. The van der Waals surface area contributed by atoms with Gasteiger partial charge in [-0.25, -0.2) is 0 Å². The van der Waals surface area contributed by atoms with E-state index >= 15 is 0 Å². The molecule has 9 heteroatoms. The second kappa shape index (κ2) is 10.5. The Hall–Kier alpha value is -3.75. The predicted molar refractivity (Wildman–Crippen MR) is 129 cm³/mol. The molecule has 1 aliphatic rings. The van der Waals surface area contributed by atoms with Gasteiger partial charge >= 0.3 is 0 Å². The number of anilines is 2. The van der Waals surface area contributed by atoms with Crippen LogP contribution in [-0.2, 0) is 14.4 Å². The molecule has 2 N–H and O–H groups in total. The van der Waals surface area contributed by atoms with Gasteiger partial charge < -0.3 is 29.7 Å². The number of nitrogens with zero attached hydrogens (tertiary/aromatic N) is 1. The first kappa shape index (κ1) is 24.9. The summed E-state index contributed by atoms with van der Waals surface area (Å²) in [6.07, 6.45) is 0.0420. The van der Waals surface area contributed by atoms with Crippen LogP contribution >= 0.6 is 0 Å². The van der Waals surface area contributed by atoms with Crippen molar-refractivity contribution in [3.05, 3.63) is 41.0 Å². The number of benzene rings is 2. The largest absolute Gasteiger partial charge is 0.493 e. The third-order valence-corrected chi connectivity index (χ3v) is 5.82. The molecule has 0 aliphatic carbocycles. The molecule has 0 bridgehead atoms. The van der Waals surface area contributed by atoms with Gasteiger partial charge in [0.05, 0.1) is 39.5 Å². The zero-order valence-electron chi connectivity index (χ0n) is 20.4. The number of carbonyl (C=O) groups excluding carboxylic acids is 3. The Morgan fingerprint density at radius 1 is 0.971 bits per heavy atom. The lowest BCUT2D eigenvalue weighted by Gasteiger charge is -2.20. The summed E-state index contributed by atoms with van der Waals surface area (Å²) in [6.45, 7) is 5.85. The maximum Gasteiger partial charge on any atom is 0.243 e. The average molecular weight is 470 g/mol. The molecular formula is C25H31N3O6. The highest BCUT2D eigenvalue weighted by Gasteiger charge is 2.36. The summed E-state index contributed by atoms with van der Waals surface area (Å²) in [5.74, 6) is -0.219. The summed E-state index contributed by atoms with van der Waals surface area (Å²) in [5.41, 5.74) is 4.32. The van der Waals surface area contributed by atoms with Crippen LogP contribution in [0.15, 0.2) is 24.3 Å². The number of rotatable bonds is 8. The number of nitrogens with one attached hydrogen (secondary N) is 2. The zero-order valence-corrected chi connectivity index (χ0v) is 20.4. The standard InChI is InChI=1S/C25H31N3O6/c1-14-7-15(2)23(16(3)8-14)27-21(29)12-26-25(31)17-9-22(30)28(13-17)18-10-19(32-4)24(34-6)20(11-18)33-5/h7-8,10-11,17H,9,12-13H2,1-6H3,(H,26,31)(H,27,29). The van der Waals surface area contributed by atoms with Crippen molar-refractivity contribution in [1.82, 2.24) is 5.32 Å². The normalized spacial score (nSPS) is 15.2. The summed E-state index contributed by atoms with van der Waals surface area (Å²) in [6, 6.07) is 7.31. The van der Waals surface area contributed by atoms with E-state index in [1.807, 2.05) is 32.9 Å². The Labute approximate surface area is 199 Å². The van der Waals surface area contributed by atoms with Gasteiger partial charge in [-0.15, -0.1) is 0 Å². The van der Waals surface area contributed by atoms with Crippen LogP contribution in [-0.4, -0.2) is 52.1 Å². The predicted octanol–water partition coefficient (Wildman–Crippen LogP) is 2.75. The van der Waals surface area contributed by atoms with Gasteiger partial charge in [0.2, 0.25) is 23.5 Å². The molecule has 182 valence electrons. The molecule has 1 saturated heterocycles. The maximum atomic E-state index is 12.7. The molecule has 1 atom stereocenters. The first-order chi connectivity index (χ1) is 16.2. The maximum absolute atomic E-state index is 12.7. The SMILES string of the molecule is COc1cc(N2CC(C(=O)NCC(=O)Nc3c(C)cc(C)cc3C)CC2=O)cc(OC)c1OC. The molecule has 2 aromatic carbocycles. The van der Waals surface area contributed by atoms with Crippen molar-refractivity contribution < 1.29 is 28.6 Å². The Bertz CT molecular complexity index is 1070. The molecule has 0 spiro atoms. The van der Waals surface area contributed by atoms with Gasteiger partial charge in [0.15, 0.2) is 11.5 Å². The van der Waals surface area contributed by atoms with Crippen LogP contribution in [0.25, 0.3) is 0 Å². The zero-order chi connectivity index (χ0) is 25.0. The van der Waals surface area contributed by atoms with Crippen LogP contribution in [0.5, 0.6) is 17.2 Å². The van der Waals surface area contributed by atoms with E-state index in [0.717, 1.165) is 22.4 Å². The summed E-state index contributed by atoms with van der Waals surface area (Å²) in [7, 11) is 4.49. The Morgan fingerprint density at radius 2 is 1.56 bits per heavy atom. The van der Waals surface area contributed by atoms with Crippen LogP contribution in [0, 0.1) is 26.7 Å². The van der Waals surface area contributed by atoms with E-state index in [1.54, 1.807) is 12.1 Å². The molecule has 1 aliphatic heterocycles. The van der Waals surface area contributed by atoms with Crippen LogP contribution in [0.4, 0.5) is 11.4 Å². The van der Waals surface area contributed by atoms with Crippen LogP contribution in [0.1, 0.15) is 23.1 Å². The molecule has 1 fully saturated rings. The summed E-state index contributed by atoms with van der Waals surface area (Å²) in [5, 5.41) is 5.51. The van der Waals surface area contributed by atoms with Crippen molar-refractivity contribution in [2.45, 2.75) is 27.2 Å². The number of ether oxygens (including phenoxy) is 3. The Morgan fingerprint density at radius 3 is 2.09 bits per heavy atom. The van der Waals surface area contributed by atoms with Crippen LogP contribution in [0.2, 0.25) is 0 Å². The number of methoxy groups -OCH3 is 3. The summed E-state index contributed by atoms with van der Waals surface area (Å²) < 4.78 is 16.0. The van der Waals surface area contributed by atoms with E-state index in [2.05, 4.69) is 10.6 Å². The molecule has 0 saturated carbocycles.